The SMILES string of the molecule is C[C@H](Nc1cc(C(F)(F)F)c(-c2sc(C(=O)NCC(C)(C)O)nc2C(O)N2CC(F)(F)C[C@@H]2C)cn1)C1CC1. The van der Waals surface area contributed by atoms with Crippen molar-refractivity contribution in [1.82, 2.24) is 20.2 Å². The number of halogens is 5. The number of anilines is 1. The van der Waals surface area contributed by atoms with Gasteiger partial charge in [0.25, 0.3) is 11.8 Å². The molecule has 1 aliphatic heterocycles. The maximum Gasteiger partial charge on any atom is 0.417 e. The average molecular weight is 578 g/mol. The fraction of sp³-hybridized carbons (Fsp3) is 0.640. The maximum absolute atomic E-state index is 14.3. The van der Waals surface area contributed by atoms with E-state index in [0.29, 0.717) is 17.3 Å². The van der Waals surface area contributed by atoms with E-state index >= 15 is 0 Å². The number of rotatable bonds is 9. The van der Waals surface area contributed by atoms with E-state index in [2.05, 4.69) is 20.6 Å². The zero-order valence-electron chi connectivity index (χ0n) is 21.9. The summed E-state index contributed by atoms with van der Waals surface area (Å²) >= 11 is 0.585. The fourth-order valence-corrected chi connectivity index (χ4v) is 5.62. The molecule has 2 aliphatic rings. The monoisotopic (exact) mass is 577 g/mol. The summed E-state index contributed by atoms with van der Waals surface area (Å²) in [5.74, 6) is -3.52. The van der Waals surface area contributed by atoms with E-state index in [1.807, 2.05) is 6.92 Å². The van der Waals surface area contributed by atoms with E-state index in [4.69, 9.17) is 0 Å². The van der Waals surface area contributed by atoms with Crippen LogP contribution in [0.1, 0.15) is 74.2 Å². The Hall–Kier alpha value is -2.42. The zero-order chi connectivity index (χ0) is 28.9. The highest BCUT2D eigenvalue weighted by Crippen LogP contribution is 2.45. The summed E-state index contributed by atoms with van der Waals surface area (Å²) in [7, 11) is 0. The maximum atomic E-state index is 14.3. The van der Waals surface area contributed by atoms with E-state index in [-0.39, 0.29) is 34.0 Å². The Bertz CT molecular complexity index is 1210. The van der Waals surface area contributed by atoms with Crippen LogP contribution in [0.2, 0.25) is 0 Å². The third-order valence-electron chi connectivity index (χ3n) is 6.82. The van der Waals surface area contributed by atoms with E-state index in [1.54, 1.807) is 0 Å². The smallest absolute Gasteiger partial charge is 0.389 e. The van der Waals surface area contributed by atoms with Gasteiger partial charge in [-0.1, -0.05) is 0 Å². The Morgan fingerprint density at radius 1 is 1.31 bits per heavy atom. The van der Waals surface area contributed by atoms with Gasteiger partial charge in [0.05, 0.1) is 22.6 Å². The number of hydrogen-bond acceptors (Lipinski definition) is 8. The first-order valence-corrected chi connectivity index (χ1v) is 13.4. The summed E-state index contributed by atoms with van der Waals surface area (Å²) in [4.78, 5) is 21.9. The normalized spacial score (nSPS) is 21.6. The van der Waals surface area contributed by atoms with Gasteiger partial charge >= 0.3 is 6.18 Å². The summed E-state index contributed by atoms with van der Waals surface area (Å²) < 4.78 is 71.1. The molecule has 0 aromatic carbocycles. The number of carbonyl (C=O) groups excluding carboxylic acids is 1. The summed E-state index contributed by atoms with van der Waals surface area (Å²) in [6.45, 7) is 5.24. The molecule has 2 aromatic rings. The molecule has 3 heterocycles. The van der Waals surface area contributed by atoms with Gasteiger partial charge in [-0.05, 0) is 52.5 Å². The van der Waals surface area contributed by atoms with Crippen molar-refractivity contribution in [3.63, 3.8) is 0 Å². The van der Waals surface area contributed by atoms with Crippen LogP contribution in [0.3, 0.4) is 0 Å². The summed E-state index contributed by atoms with van der Waals surface area (Å²) in [6, 6.07) is -0.00702. The standard InChI is InChI=1S/C25H32F5N5O3S/c1-12-8-24(26,27)11-35(12)22(37)18-19(39-21(34-18)20(36)32-10-23(3,4)38)15-9-31-17(7-16(15)25(28,29)30)33-13(2)14-5-6-14/h7,9,12-14,22,37-38H,5-6,8,10-11H2,1-4H3,(H,31,33)(H,32,36)/t12-,13-,22?/m0/s1. The summed E-state index contributed by atoms with van der Waals surface area (Å²) in [5, 5.41) is 26.2. The number of pyridine rings is 1. The van der Waals surface area contributed by atoms with E-state index in [0.717, 1.165) is 30.0 Å². The zero-order valence-corrected chi connectivity index (χ0v) is 22.8. The van der Waals surface area contributed by atoms with Gasteiger partial charge in [-0.2, -0.15) is 13.2 Å². The highest BCUT2D eigenvalue weighted by molar-refractivity contribution is 7.17. The molecule has 1 amide bonds. The molecule has 39 heavy (non-hydrogen) atoms. The molecule has 2 fully saturated rings. The van der Waals surface area contributed by atoms with Gasteiger partial charge in [0, 0.05) is 36.8 Å². The predicted octanol–water partition coefficient (Wildman–Crippen LogP) is 4.66. The Morgan fingerprint density at radius 3 is 2.51 bits per heavy atom. The molecule has 4 N–H and O–H groups in total. The number of nitrogens with zero attached hydrogens (tertiary/aromatic N) is 3. The first kappa shape index (κ1) is 29.6. The van der Waals surface area contributed by atoms with Crippen LogP contribution in [0.25, 0.3) is 10.4 Å². The first-order chi connectivity index (χ1) is 17.9. The van der Waals surface area contributed by atoms with Crippen LogP contribution in [0.15, 0.2) is 12.3 Å². The van der Waals surface area contributed by atoms with Crippen molar-refractivity contribution in [2.45, 2.75) is 83.0 Å². The van der Waals surface area contributed by atoms with Gasteiger partial charge in [0.15, 0.2) is 11.2 Å². The third kappa shape index (κ3) is 7.02. The minimum atomic E-state index is -4.83. The van der Waals surface area contributed by atoms with Gasteiger partial charge in [0.2, 0.25) is 0 Å². The Labute approximate surface area is 226 Å². The fourth-order valence-electron chi connectivity index (χ4n) is 4.59. The first-order valence-electron chi connectivity index (χ1n) is 12.6. The highest BCUT2D eigenvalue weighted by atomic mass is 32.1. The molecule has 14 heteroatoms. The number of aliphatic hydroxyl groups is 2. The van der Waals surface area contributed by atoms with E-state index in [1.165, 1.54) is 20.8 Å². The average Bonchev–Trinajstić information content (AvgIpc) is 3.51. The van der Waals surface area contributed by atoms with Crippen molar-refractivity contribution in [3.05, 3.63) is 28.5 Å². The molecule has 8 nitrogen and oxygen atoms in total. The van der Waals surface area contributed by atoms with Crippen LogP contribution >= 0.6 is 11.3 Å². The van der Waals surface area contributed by atoms with Crippen LogP contribution in [0, 0.1) is 5.92 Å². The molecule has 1 aliphatic carbocycles. The molecule has 1 saturated carbocycles. The minimum Gasteiger partial charge on any atom is -0.389 e. The number of aliphatic hydroxyl groups excluding tert-OH is 1. The lowest BCUT2D eigenvalue weighted by Crippen LogP contribution is -2.38. The number of amides is 1. The van der Waals surface area contributed by atoms with Crippen LogP contribution in [-0.4, -0.2) is 67.7 Å². The van der Waals surface area contributed by atoms with Crippen molar-refractivity contribution >= 4 is 23.1 Å². The number of nitrogens with one attached hydrogen (secondary N) is 2. The van der Waals surface area contributed by atoms with Gasteiger partial charge < -0.3 is 20.8 Å². The van der Waals surface area contributed by atoms with Crippen molar-refractivity contribution in [2.75, 3.05) is 18.4 Å². The van der Waals surface area contributed by atoms with Crippen LogP contribution in [0.5, 0.6) is 0 Å². The number of alkyl halides is 5. The molecule has 0 spiro atoms. The quantitative estimate of drug-likeness (QED) is 0.321. The van der Waals surface area contributed by atoms with Gasteiger partial charge in [-0.3, -0.25) is 9.69 Å². The number of carbonyl (C=O) groups is 1. The second-order valence-electron chi connectivity index (χ2n) is 11.1. The topological polar surface area (TPSA) is 111 Å². The van der Waals surface area contributed by atoms with Crippen molar-refractivity contribution in [2.24, 2.45) is 5.92 Å². The van der Waals surface area contributed by atoms with Crippen molar-refractivity contribution < 1.29 is 37.0 Å². The number of likely N-dealkylation sites (tertiary alicyclic amines) is 1. The van der Waals surface area contributed by atoms with Crippen molar-refractivity contribution in [1.29, 1.82) is 0 Å². The molecule has 216 valence electrons. The number of aromatic nitrogens is 2. The highest BCUT2D eigenvalue weighted by Gasteiger charge is 2.47. The van der Waals surface area contributed by atoms with E-state index in [9.17, 15) is 37.0 Å². The molecular formula is C25H32F5N5O3S. The molecule has 1 unspecified atom stereocenters. The molecule has 2 aromatic heterocycles. The molecule has 0 radical (unpaired) electrons. The van der Waals surface area contributed by atoms with Crippen LogP contribution in [-0.2, 0) is 6.18 Å². The Kier molecular flexibility index (Phi) is 7.98. The molecular weight excluding hydrogens is 545 g/mol. The van der Waals surface area contributed by atoms with Crippen LogP contribution in [0.4, 0.5) is 27.8 Å². The largest absolute Gasteiger partial charge is 0.417 e. The minimum absolute atomic E-state index is 0.0213. The predicted molar refractivity (Wildman–Crippen MR) is 135 cm³/mol. The summed E-state index contributed by atoms with van der Waals surface area (Å²) in [6.07, 6.45) is -4.23. The van der Waals surface area contributed by atoms with Crippen LogP contribution < -0.4 is 10.6 Å². The van der Waals surface area contributed by atoms with Crippen molar-refractivity contribution in [3.8, 4) is 10.4 Å². The Morgan fingerprint density at radius 2 is 1.97 bits per heavy atom. The second kappa shape index (κ2) is 10.5. The van der Waals surface area contributed by atoms with E-state index < -0.39 is 60.0 Å². The summed E-state index contributed by atoms with van der Waals surface area (Å²) in [5.41, 5.74) is -3.12. The molecule has 0 bridgehead atoms. The lowest BCUT2D eigenvalue weighted by molar-refractivity contribution is -0.137. The number of hydrogen-bond donors (Lipinski definition) is 4. The number of thiazole rings is 1. The van der Waals surface area contributed by atoms with Gasteiger partial charge in [0.1, 0.15) is 11.5 Å². The lowest BCUT2D eigenvalue weighted by Gasteiger charge is -2.26. The molecule has 1 saturated heterocycles. The molecule has 3 atom stereocenters. The molecule has 4 rings (SSSR count). The van der Waals surface area contributed by atoms with Gasteiger partial charge in [-0.15, -0.1) is 11.3 Å². The lowest BCUT2D eigenvalue weighted by atomic mass is 10.1. The Balaban J connectivity index is 1.77. The third-order valence-corrected chi connectivity index (χ3v) is 7.92. The second-order valence-corrected chi connectivity index (χ2v) is 12.1. The van der Waals surface area contributed by atoms with Gasteiger partial charge in [-0.25, -0.2) is 18.7 Å².